The Kier molecular flexibility index (Phi) is 4.28. The molecule has 3 aromatic rings. The average Bonchev–Trinajstić information content (AvgIpc) is 3.30. The van der Waals surface area contributed by atoms with Crippen molar-refractivity contribution in [2.45, 2.75) is 25.7 Å². The van der Waals surface area contributed by atoms with Crippen molar-refractivity contribution in [3.05, 3.63) is 53.5 Å². The second kappa shape index (κ2) is 6.88. The molecule has 1 N–H and O–H groups in total. The maximum Gasteiger partial charge on any atom is 0.280 e. The molecule has 0 unspecified atom stereocenters. The molecule has 0 aromatic carbocycles. The van der Waals surface area contributed by atoms with Gasteiger partial charge in [0.1, 0.15) is 6.33 Å². The minimum absolute atomic E-state index is 0.187. The molecule has 1 aliphatic rings. The molecule has 0 aliphatic heterocycles. The Morgan fingerprint density at radius 3 is 2.96 bits per heavy atom. The van der Waals surface area contributed by atoms with E-state index in [9.17, 15) is 4.79 Å². The topological polar surface area (TPSA) is 85.7 Å². The number of hydrogen-bond acceptors (Lipinski definition) is 5. The molecule has 25 heavy (non-hydrogen) atoms. The number of aromatic nitrogens is 5. The lowest BCUT2D eigenvalue weighted by Crippen LogP contribution is -2.17. The van der Waals surface area contributed by atoms with E-state index in [4.69, 9.17) is 4.74 Å². The molecule has 3 aromatic heterocycles. The molecule has 0 saturated heterocycles. The summed E-state index contributed by atoms with van der Waals surface area (Å²) in [6.07, 6.45) is 11.4. The Morgan fingerprint density at radius 2 is 2.16 bits per heavy atom. The fraction of sp³-hybridized carbons (Fsp3) is 0.333. The summed E-state index contributed by atoms with van der Waals surface area (Å²) in [7, 11) is 0. The fourth-order valence-corrected chi connectivity index (χ4v) is 3.18. The van der Waals surface area contributed by atoms with Gasteiger partial charge in [-0.1, -0.05) is 18.9 Å². The molecular weight excluding hydrogens is 318 g/mol. The molecule has 0 amide bonds. The molecule has 3 heterocycles. The van der Waals surface area contributed by atoms with Gasteiger partial charge in [-0.25, -0.2) is 14.6 Å². The Bertz CT molecular complexity index is 897. The highest BCUT2D eigenvalue weighted by Gasteiger charge is 2.16. The number of ether oxygens (including phenoxy) is 1. The van der Waals surface area contributed by atoms with Crippen molar-refractivity contribution in [1.82, 2.24) is 24.7 Å². The number of rotatable bonds is 5. The van der Waals surface area contributed by atoms with E-state index < -0.39 is 0 Å². The van der Waals surface area contributed by atoms with Gasteiger partial charge in [0, 0.05) is 30.2 Å². The highest BCUT2D eigenvalue weighted by Crippen LogP contribution is 2.25. The van der Waals surface area contributed by atoms with Crippen molar-refractivity contribution < 1.29 is 4.74 Å². The Labute approximate surface area is 144 Å². The molecule has 7 heteroatoms. The third-order valence-electron chi connectivity index (χ3n) is 4.54. The van der Waals surface area contributed by atoms with Crippen molar-refractivity contribution >= 4 is 0 Å². The number of pyridine rings is 1. The molecule has 1 aliphatic carbocycles. The number of nitrogens with zero attached hydrogens (tertiary/aromatic N) is 4. The van der Waals surface area contributed by atoms with Gasteiger partial charge in [0.15, 0.2) is 5.82 Å². The van der Waals surface area contributed by atoms with Crippen LogP contribution in [0.5, 0.6) is 5.88 Å². The largest absolute Gasteiger partial charge is 0.477 e. The molecule has 1 saturated carbocycles. The lowest BCUT2D eigenvalue weighted by atomic mass is 10.1. The van der Waals surface area contributed by atoms with Crippen LogP contribution in [0.3, 0.4) is 0 Å². The summed E-state index contributed by atoms with van der Waals surface area (Å²) < 4.78 is 7.17. The zero-order chi connectivity index (χ0) is 17.1. The van der Waals surface area contributed by atoms with Crippen LogP contribution in [-0.2, 0) is 0 Å². The summed E-state index contributed by atoms with van der Waals surface area (Å²) in [5.74, 6) is 1.54. The van der Waals surface area contributed by atoms with Gasteiger partial charge in [0.05, 0.1) is 12.2 Å². The zero-order valence-electron chi connectivity index (χ0n) is 13.8. The maximum atomic E-state index is 12.7. The minimum Gasteiger partial charge on any atom is -0.477 e. The zero-order valence-corrected chi connectivity index (χ0v) is 13.8. The van der Waals surface area contributed by atoms with E-state index in [1.54, 1.807) is 30.7 Å². The lowest BCUT2D eigenvalue weighted by molar-refractivity contribution is 0.243. The highest BCUT2D eigenvalue weighted by molar-refractivity contribution is 5.60. The van der Waals surface area contributed by atoms with Crippen molar-refractivity contribution in [1.29, 1.82) is 0 Å². The van der Waals surface area contributed by atoms with Gasteiger partial charge in [0.25, 0.3) is 5.56 Å². The van der Waals surface area contributed by atoms with E-state index in [-0.39, 0.29) is 5.56 Å². The van der Waals surface area contributed by atoms with E-state index in [1.807, 2.05) is 6.07 Å². The minimum atomic E-state index is -0.187. The van der Waals surface area contributed by atoms with Crippen molar-refractivity contribution in [2.75, 3.05) is 6.61 Å². The van der Waals surface area contributed by atoms with Gasteiger partial charge in [-0.2, -0.15) is 0 Å². The van der Waals surface area contributed by atoms with Gasteiger partial charge in [-0.15, -0.1) is 0 Å². The Morgan fingerprint density at radius 1 is 1.28 bits per heavy atom. The van der Waals surface area contributed by atoms with E-state index in [0.717, 1.165) is 5.56 Å². The van der Waals surface area contributed by atoms with E-state index >= 15 is 0 Å². The fourth-order valence-electron chi connectivity index (χ4n) is 3.18. The first kappa shape index (κ1) is 15.6. The smallest absolute Gasteiger partial charge is 0.280 e. The molecule has 0 radical (unpaired) electrons. The quantitative estimate of drug-likeness (QED) is 0.773. The van der Waals surface area contributed by atoms with Crippen LogP contribution in [0.1, 0.15) is 25.7 Å². The second-order valence-electron chi connectivity index (χ2n) is 6.25. The summed E-state index contributed by atoms with van der Waals surface area (Å²) in [6, 6.07) is 5.32. The van der Waals surface area contributed by atoms with Crippen LogP contribution in [0.25, 0.3) is 16.9 Å². The summed E-state index contributed by atoms with van der Waals surface area (Å²) in [4.78, 5) is 25.0. The third kappa shape index (κ3) is 3.31. The molecule has 4 rings (SSSR count). The van der Waals surface area contributed by atoms with Gasteiger partial charge >= 0.3 is 0 Å². The third-order valence-corrected chi connectivity index (χ3v) is 4.54. The molecule has 0 spiro atoms. The average molecular weight is 337 g/mol. The van der Waals surface area contributed by atoms with E-state index in [0.29, 0.717) is 29.8 Å². The standard InChI is InChI=1S/C18H19N5O2/c24-18-15(14-6-3-7-19-9-14)10-22-23(18)16-8-17(21-12-20-16)25-11-13-4-1-2-5-13/h3,6-10,12-13,22H,1-2,4-5,11H2. The number of aromatic amines is 1. The van der Waals surface area contributed by atoms with Crippen molar-refractivity contribution in [3.8, 4) is 22.8 Å². The van der Waals surface area contributed by atoms with Crippen LogP contribution in [0.15, 0.2) is 47.9 Å². The van der Waals surface area contributed by atoms with Crippen LogP contribution in [-0.4, -0.2) is 31.3 Å². The van der Waals surface area contributed by atoms with Crippen LogP contribution in [0.4, 0.5) is 0 Å². The second-order valence-corrected chi connectivity index (χ2v) is 6.25. The first-order valence-corrected chi connectivity index (χ1v) is 8.47. The number of hydrogen-bond donors (Lipinski definition) is 1. The van der Waals surface area contributed by atoms with Crippen LogP contribution in [0, 0.1) is 5.92 Å². The molecule has 0 atom stereocenters. The highest BCUT2D eigenvalue weighted by atomic mass is 16.5. The summed E-state index contributed by atoms with van der Waals surface area (Å²) in [5.41, 5.74) is 1.11. The summed E-state index contributed by atoms with van der Waals surface area (Å²) in [6.45, 7) is 0.664. The first-order valence-electron chi connectivity index (χ1n) is 8.47. The van der Waals surface area contributed by atoms with E-state index in [1.165, 1.54) is 36.7 Å². The van der Waals surface area contributed by atoms with E-state index in [2.05, 4.69) is 20.1 Å². The molecular formula is C18H19N5O2. The summed E-state index contributed by atoms with van der Waals surface area (Å²) >= 11 is 0. The Hall–Kier alpha value is -2.96. The predicted octanol–water partition coefficient (Wildman–Crippen LogP) is 2.59. The molecule has 0 bridgehead atoms. The van der Waals surface area contributed by atoms with Gasteiger partial charge in [-0.05, 0) is 24.8 Å². The molecule has 128 valence electrons. The monoisotopic (exact) mass is 337 g/mol. The first-order chi connectivity index (χ1) is 12.3. The van der Waals surface area contributed by atoms with Crippen molar-refractivity contribution in [3.63, 3.8) is 0 Å². The molecule has 7 nitrogen and oxygen atoms in total. The SMILES string of the molecule is O=c1c(-c2cccnc2)c[nH]n1-c1cc(OCC2CCCC2)ncn1. The molecule has 1 fully saturated rings. The normalized spacial score (nSPS) is 14.7. The van der Waals surface area contributed by atoms with Crippen molar-refractivity contribution in [2.24, 2.45) is 5.92 Å². The lowest BCUT2D eigenvalue weighted by Gasteiger charge is -2.10. The summed E-state index contributed by atoms with van der Waals surface area (Å²) in [5, 5.41) is 2.94. The van der Waals surface area contributed by atoms with Gasteiger partial charge in [-0.3, -0.25) is 14.9 Å². The number of H-pyrrole nitrogens is 1. The number of nitrogens with one attached hydrogen (secondary N) is 1. The maximum absolute atomic E-state index is 12.7. The van der Waals surface area contributed by atoms with Gasteiger partial charge in [0.2, 0.25) is 5.88 Å². The van der Waals surface area contributed by atoms with Crippen LogP contribution < -0.4 is 10.3 Å². The van der Waals surface area contributed by atoms with Gasteiger partial charge < -0.3 is 4.74 Å². The van der Waals surface area contributed by atoms with Crippen LogP contribution >= 0.6 is 0 Å². The Balaban J connectivity index is 1.57. The van der Waals surface area contributed by atoms with Crippen LogP contribution in [0.2, 0.25) is 0 Å². The predicted molar refractivity (Wildman–Crippen MR) is 92.7 cm³/mol.